The van der Waals surface area contributed by atoms with Crippen LogP contribution in [0.2, 0.25) is 0 Å². The van der Waals surface area contributed by atoms with E-state index in [2.05, 4.69) is 22.9 Å². The van der Waals surface area contributed by atoms with Gasteiger partial charge in [-0.3, -0.25) is 4.57 Å². The molecule has 1 saturated carbocycles. The Morgan fingerprint density at radius 1 is 1.23 bits per heavy atom. The highest BCUT2D eigenvalue weighted by Crippen LogP contribution is 2.41. The number of aromatic amines is 1. The molecular weight excluding hydrogens is 274 g/mol. The molecule has 22 heavy (non-hydrogen) atoms. The minimum atomic E-state index is 0.0469. The van der Waals surface area contributed by atoms with Gasteiger partial charge in [0.1, 0.15) is 0 Å². The SMILES string of the molecule is CC1(CN2CCC(n3c(=O)[nH]c4ccccc43)CC2)CCC1. The fourth-order valence-electron chi connectivity index (χ4n) is 4.25. The highest BCUT2D eigenvalue weighted by molar-refractivity contribution is 5.75. The maximum atomic E-state index is 12.3. The number of H-pyrrole nitrogens is 1. The largest absolute Gasteiger partial charge is 0.326 e. The third-order valence-corrected chi connectivity index (χ3v) is 5.71. The normalized spacial score (nSPS) is 22.8. The number of likely N-dealkylation sites (tertiary alicyclic amines) is 1. The highest BCUT2D eigenvalue weighted by atomic mass is 16.1. The second kappa shape index (κ2) is 5.27. The number of benzene rings is 1. The van der Waals surface area contributed by atoms with E-state index in [0.717, 1.165) is 37.0 Å². The maximum Gasteiger partial charge on any atom is 0.326 e. The third-order valence-electron chi connectivity index (χ3n) is 5.71. The summed E-state index contributed by atoms with van der Waals surface area (Å²) in [4.78, 5) is 17.9. The fraction of sp³-hybridized carbons (Fsp3) is 0.611. The number of aromatic nitrogens is 2. The molecule has 0 unspecified atom stereocenters. The zero-order valence-corrected chi connectivity index (χ0v) is 13.3. The van der Waals surface area contributed by atoms with Crippen LogP contribution in [0.5, 0.6) is 0 Å². The van der Waals surface area contributed by atoms with Crippen molar-refractivity contribution in [3.05, 3.63) is 34.7 Å². The van der Waals surface area contributed by atoms with E-state index in [1.165, 1.54) is 25.8 Å². The molecule has 2 aromatic rings. The molecular formula is C18H25N3O. The Kier molecular flexibility index (Phi) is 3.37. The third kappa shape index (κ3) is 2.39. The standard InChI is InChI=1S/C18H25N3O/c1-18(9-4-10-18)13-20-11-7-14(8-12-20)21-16-6-3-2-5-15(16)19-17(21)22/h2-3,5-6,14H,4,7-13H2,1H3,(H,19,22). The summed E-state index contributed by atoms with van der Waals surface area (Å²) >= 11 is 0. The van der Waals surface area contributed by atoms with Crippen molar-refractivity contribution in [3.63, 3.8) is 0 Å². The second-order valence-corrected chi connectivity index (χ2v) is 7.49. The van der Waals surface area contributed by atoms with E-state index < -0.39 is 0 Å². The van der Waals surface area contributed by atoms with Crippen LogP contribution in [-0.2, 0) is 0 Å². The molecule has 4 nitrogen and oxygen atoms in total. The average Bonchev–Trinajstić information content (AvgIpc) is 2.82. The van der Waals surface area contributed by atoms with Gasteiger partial charge in [-0.25, -0.2) is 4.79 Å². The smallest absolute Gasteiger partial charge is 0.306 e. The first kappa shape index (κ1) is 14.1. The van der Waals surface area contributed by atoms with Gasteiger partial charge in [-0.2, -0.15) is 0 Å². The highest BCUT2D eigenvalue weighted by Gasteiger charge is 2.34. The number of hydrogen-bond donors (Lipinski definition) is 1. The van der Waals surface area contributed by atoms with Gasteiger partial charge in [-0.1, -0.05) is 25.5 Å². The van der Waals surface area contributed by atoms with E-state index >= 15 is 0 Å². The predicted octanol–water partition coefficient (Wildman–Crippen LogP) is 3.16. The van der Waals surface area contributed by atoms with E-state index in [1.54, 1.807) is 0 Å². The van der Waals surface area contributed by atoms with E-state index in [9.17, 15) is 4.79 Å². The molecule has 118 valence electrons. The summed E-state index contributed by atoms with van der Waals surface area (Å²) in [6, 6.07) is 8.37. The lowest BCUT2D eigenvalue weighted by Crippen LogP contribution is -2.44. The van der Waals surface area contributed by atoms with E-state index in [4.69, 9.17) is 0 Å². The lowest BCUT2D eigenvalue weighted by Gasteiger charge is -2.44. The number of nitrogens with one attached hydrogen (secondary N) is 1. The number of rotatable bonds is 3. The number of nitrogens with zero attached hydrogens (tertiary/aromatic N) is 2. The predicted molar refractivity (Wildman–Crippen MR) is 89.2 cm³/mol. The summed E-state index contributed by atoms with van der Waals surface area (Å²) < 4.78 is 1.98. The van der Waals surface area contributed by atoms with Crippen molar-refractivity contribution in [3.8, 4) is 0 Å². The first-order chi connectivity index (χ1) is 10.6. The zero-order valence-electron chi connectivity index (χ0n) is 13.3. The molecule has 1 aliphatic carbocycles. The summed E-state index contributed by atoms with van der Waals surface area (Å²) in [5.74, 6) is 0. The lowest BCUT2D eigenvalue weighted by atomic mass is 9.70. The topological polar surface area (TPSA) is 41.0 Å². The number of fused-ring (bicyclic) bond motifs is 1. The summed E-state index contributed by atoms with van der Waals surface area (Å²) in [5.41, 5.74) is 2.61. The fourth-order valence-corrected chi connectivity index (χ4v) is 4.25. The lowest BCUT2D eigenvalue weighted by molar-refractivity contribution is 0.0651. The molecule has 1 N–H and O–H groups in total. The molecule has 0 amide bonds. The van der Waals surface area contributed by atoms with Crippen LogP contribution in [0.3, 0.4) is 0 Å². The van der Waals surface area contributed by atoms with Gasteiger partial charge < -0.3 is 9.88 Å². The molecule has 1 aliphatic heterocycles. The van der Waals surface area contributed by atoms with Crippen LogP contribution in [0.15, 0.2) is 29.1 Å². The average molecular weight is 299 g/mol. The van der Waals surface area contributed by atoms with Crippen molar-refractivity contribution in [1.82, 2.24) is 14.5 Å². The van der Waals surface area contributed by atoms with Crippen LogP contribution in [0.4, 0.5) is 0 Å². The minimum absolute atomic E-state index is 0.0469. The van der Waals surface area contributed by atoms with Crippen molar-refractivity contribution < 1.29 is 0 Å². The van der Waals surface area contributed by atoms with E-state index in [-0.39, 0.29) is 5.69 Å². The molecule has 0 radical (unpaired) electrons. The summed E-state index contributed by atoms with van der Waals surface area (Å²) in [5, 5.41) is 0. The molecule has 1 saturated heterocycles. The van der Waals surface area contributed by atoms with Crippen molar-refractivity contribution in [2.75, 3.05) is 19.6 Å². The minimum Gasteiger partial charge on any atom is -0.306 e. The number of para-hydroxylation sites is 2. The Bertz CT molecular complexity index is 717. The van der Waals surface area contributed by atoms with Gasteiger partial charge in [0.05, 0.1) is 11.0 Å². The Morgan fingerprint density at radius 3 is 2.64 bits per heavy atom. The summed E-state index contributed by atoms with van der Waals surface area (Å²) in [6.45, 7) is 5.90. The molecule has 0 bridgehead atoms. The zero-order chi connectivity index (χ0) is 15.2. The molecule has 1 aromatic carbocycles. The number of imidazole rings is 1. The molecule has 2 fully saturated rings. The molecule has 0 spiro atoms. The molecule has 2 aliphatic rings. The van der Waals surface area contributed by atoms with Crippen molar-refractivity contribution >= 4 is 11.0 Å². The van der Waals surface area contributed by atoms with Crippen LogP contribution < -0.4 is 5.69 Å². The molecule has 4 heteroatoms. The van der Waals surface area contributed by atoms with Gasteiger partial charge in [0, 0.05) is 25.7 Å². The summed E-state index contributed by atoms with van der Waals surface area (Å²) in [6.07, 6.45) is 6.33. The van der Waals surface area contributed by atoms with Crippen LogP contribution in [0.25, 0.3) is 11.0 Å². The molecule has 4 rings (SSSR count). The Labute approximate surface area is 131 Å². The van der Waals surface area contributed by atoms with Gasteiger partial charge >= 0.3 is 5.69 Å². The van der Waals surface area contributed by atoms with Crippen LogP contribution in [0.1, 0.15) is 45.1 Å². The van der Waals surface area contributed by atoms with Gasteiger partial charge in [0.2, 0.25) is 0 Å². The molecule has 2 heterocycles. The van der Waals surface area contributed by atoms with Crippen LogP contribution in [-0.4, -0.2) is 34.1 Å². The van der Waals surface area contributed by atoms with E-state index in [1.807, 2.05) is 22.8 Å². The monoisotopic (exact) mass is 299 g/mol. The van der Waals surface area contributed by atoms with Gasteiger partial charge in [-0.05, 0) is 43.2 Å². The van der Waals surface area contributed by atoms with Gasteiger partial charge in [-0.15, -0.1) is 0 Å². The van der Waals surface area contributed by atoms with Crippen molar-refractivity contribution in [2.45, 2.75) is 45.1 Å². The quantitative estimate of drug-likeness (QED) is 0.946. The van der Waals surface area contributed by atoms with E-state index in [0.29, 0.717) is 11.5 Å². The number of piperidine rings is 1. The maximum absolute atomic E-state index is 12.3. The van der Waals surface area contributed by atoms with Crippen molar-refractivity contribution in [1.29, 1.82) is 0 Å². The van der Waals surface area contributed by atoms with Gasteiger partial charge in [0.25, 0.3) is 0 Å². The van der Waals surface area contributed by atoms with Crippen LogP contribution in [0, 0.1) is 5.41 Å². The van der Waals surface area contributed by atoms with Gasteiger partial charge in [0.15, 0.2) is 0 Å². The van der Waals surface area contributed by atoms with Crippen molar-refractivity contribution in [2.24, 2.45) is 5.41 Å². The Balaban J connectivity index is 1.49. The summed E-state index contributed by atoms with van der Waals surface area (Å²) in [7, 11) is 0. The molecule has 0 atom stereocenters. The van der Waals surface area contributed by atoms with Crippen LogP contribution >= 0.6 is 0 Å². The Hall–Kier alpha value is -1.55. The first-order valence-corrected chi connectivity index (χ1v) is 8.56. The molecule has 1 aromatic heterocycles. The first-order valence-electron chi connectivity index (χ1n) is 8.56. The Morgan fingerprint density at radius 2 is 1.95 bits per heavy atom. The number of hydrogen-bond acceptors (Lipinski definition) is 2. The second-order valence-electron chi connectivity index (χ2n) is 7.49.